The van der Waals surface area contributed by atoms with Crippen molar-refractivity contribution >= 4 is 16.6 Å². The van der Waals surface area contributed by atoms with E-state index < -0.39 is 0 Å². The van der Waals surface area contributed by atoms with Crippen LogP contribution < -0.4 is 4.90 Å². The maximum Gasteiger partial charge on any atom is 0.136 e. The average Bonchev–Trinajstić information content (AvgIpc) is 2.63. The number of benzene rings is 1. The summed E-state index contributed by atoms with van der Waals surface area (Å²) in [5.41, 5.74) is 3.56. The number of hydrogen-bond donors (Lipinski definition) is 0. The van der Waals surface area contributed by atoms with Gasteiger partial charge in [-0.3, -0.25) is 4.98 Å². The average molecular weight is 305 g/mol. The first kappa shape index (κ1) is 14.2. The van der Waals surface area contributed by atoms with E-state index in [0.29, 0.717) is 0 Å². The molecule has 23 heavy (non-hydrogen) atoms. The molecule has 1 aliphatic rings. The highest BCUT2D eigenvalue weighted by molar-refractivity contribution is 6.03. The highest BCUT2D eigenvalue weighted by Crippen LogP contribution is 2.35. The van der Waals surface area contributed by atoms with Gasteiger partial charge in [0.15, 0.2) is 0 Å². The third kappa shape index (κ3) is 2.55. The van der Waals surface area contributed by atoms with Gasteiger partial charge in [-0.15, -0.1) is 0 Å². The summed E-state index contributed by atoms with van der Waals surface area (Å²) in [5, 5.41) is 2.48. The number of ether oxygens (including phenoxy) is 1. The highest BCUT2D eigenvalue weighted by Gasteiger charge is 2.18. The Morgan fingerprint density at radius 2 is 1.83 bits per heavy atom. The molecule has 1 aromatic carbocycles. The Balaban J connectivity index is 1.94. The largest absolute Gasteiger partial charge is 0.378 e. The SMILES string of the molecule is Cc1cccc2c(-c3ccncc3)cnc(N3CCOCC3)c12. The van der Waals surface area contributed by atoms with Crippen molar-refractivity contribution in [3.05, 3.63) is 54.5 Å². The lowest BCUT2D eigenvalue weighted by molar-refractivity contribution is 0.122. The number of aryl methyl sites for hydroxylation is 1. The van der Waals surface area contributed by atoms with Gasteiger partial charge in [0.25, 0.3) is 0 Å². The van der Waals surface area contributed by atoms with Crippen LogP contribution in [0.2, 0.25) is 0 Å². The molecule has 0 saturated carbocycles. The number of morpholine rings is 1. The molecule has 0 N–H and O–H groups in total. The fraction of sp³-hybridized carbons (Fsp3) is 0.263. The second kappa shape index (κ2) is 5.97. The summed E-state index contributed by atoms with van der Waals surface area (Å²) in [7, 11) is 0. The van der Waals surface area contributed by atoms with Gasteiger partial charge in [-0.25, -0.2) is 4.98 Å². The van der Waals surface area contributed by atoms with E-state index in [1.54, 1.807) is 0 Å². The molecule has 0 aliphatic carbocycles. The van der Waals surface area contributed by atoms with Gasteiger partial charge in [0, 0.05) is 42.6 Å². The minimum Gasteiger partial charge on any atom is -0.378 e. The number of anilines is 1. The summed E-state index contributed by atoms with van der Waals surface area (Å²) in [4.78, 5) is 11.3. The summed E-state index contributed by atoms with van der Waals surface area (Å²) in [6.07, 6.45) is 5.64. The summed E-state index contributed by atoms with van der Waals surface area (Å²) in [6.45, 7) is 5.47. The predicted octanol–water partition coefficient (Wildman–Crippen LogP) is 3.44. The Morgan fingerprint density at radius 1 is 1.04 bits per heavy atom. The van der Waals surface area contributed by atoms with Crippen LogP contribution >= 0.6 is 0 Å². The molecule has 1 saturated heterocycles. The molecular weight excluding hydrogens is 286 g/mol. The first-order chi connectivity index (χ1) is 11.3. The molecular formula is C19H19N3O. The molecule has 0 amide bonds. The molecule has 0 spiro atoms. The second-order valence-corrected chi connectivity index (χ2v) is 5.83. The third-order valence-electron chi connectivity index (χ3n) is 4.40. The lowest BCUT2D eigenvalue weighted by Gasteiger charge is -2.29. The van der Waals surface area contributed by atoms with Crippen LogP contribution in [0.4, 0.5) is 5.82 Å². The van der Waals surface area contributed by atoms with E-state index in [-0.39, 0.29) is 0 Å². The molecule has 2 aromatic heterocycles. The van der Waals surface area contributed by atoms with Crippen molar-refractivity contribution in [2.24, 2.45) is 0 Å². The molecule has 1 fully saturated rings. The Bertz CT molecular complexity index is 827. The molecule has 116 valence electrons. The van der Waals surface area contributed by atoms with E-state index in [1.807, 2.05) is 30.7 Å². The van der Waals surface area contributed by atoms with E-state index in [0.717, 1.165) is 43.2 Å². The minimum absolute atomic E-state index is 0.765. The molecule has 3 heterocycles. The summed E-state index contributed by atoms with van der Waals surface area (Å²) in [6, 6.07) is 10.5. The molecule has 4 heteroatoms. The van der Waals surface area contributed by atoms with Crippen LogP contribution in [0.3, 0.4) is 0 Å². The molecule has 0 atom stereocenters. The molecule has 0 radical (unpaired) electrons. The minimum atomic E-state index is 0.765. The van der Waals surface area contributed by atoms with Crippen LogP contribution in [0.1, 0.15) is 5.56 Å². The maximum absolute atomic E-state index is 5.48. The normalized spacial score (nSPS) is 15.1. The van der Waals surface area contributed by atoms with Gasteiger partial charge >= 0.3 is 0 Å². The summed E-state index contributed by atoms with van der Waals surface area (Å²) in [5.74, 6) is 1.07. The van der Waals surface area contributed by atoms with Crippen LogP contribution in [0.5, 0.6) is 0 Å². The fourth-order valence-corrected chi connectivity index (χ4v) is 3.23. The van der Waals surface area contributed by atoms with Gasteiger partial charge < -0.3 is 9.64 Å². The summed E-state index contributed by atoms with van der Waals surface area (Å²) < 4.78 is 5.48. The molecule has 4 nitrogen and oxygen atoms in total. The zero-order valence-electron chi connectivity index (χ0n) is 13.2. The van der Waals surface area contributed by atoms with Crippen LogP contribution in [0.15, 0.2) is 48.9 Å². The van der Waals surface area contributed by atoms with Crippen LogP contribution in [0, 0.1) is 6.92 Å². The van der Waals surface area contributed by atoms with E-state index in [4.69, 9.17) is 9.72 Å². The topological polar surface area (TPSA) is 38.2 Å². The molecule has 0 bridgehead atoms. The molecule has 1 aliphatic heterocycles. The molecule has 4 rings (SSSR count). The molecule has 0 unspecified atom stereocenters. The zero-order chi connectivity index (χ0) is 15.6. The number of nitrogens with zero attached hydrogens (tertiary/aromatic N) is 3. The van der Waals surface area contributed by atoms with E-state index in [2.05, 4.69) is 35.0 Å². The molecule has 3 aromatic rings. The lowest BCUT2D eigenvalue weighted by atomic mass is 9.98. The van der Waals surface area contributed by atoms with Crippen molar-refractivity contribution in [2.45, 2.75) is 6.92 Å². The highest BCUT2D eigenvalue weighted by atomic mass is 16.5. The zero-order valence-corrected chi connectivity index (χ0v) is 13.2. The number of pyridine rings is 2. The van der Waals surface area contributed by atoms with Crippen molar-refractivity contribution < 1.29 is 4.74 Å². The Hall–Kier alpha value is -2.46. The standard InChI is InChI=1S/C19H19N3O/c1-14-3-2-4-16-17(15-5-7-20-8-6-15)13-21-19(18(14)16)22-9-11-23-12-10-22/h2-8,13H,9-12H2,1H3. The van der Waals surface area contributed by atoms with Crippen molar-refractivity contribution in [3.63, 3.8) is 0 Å². The maximum atomic E-state index is 5.48. The smallest absolute Gasteiger partial charge is 0.136 e. The van der Waals surface area contributed by atoms with Gasteiger partial charge in [0.2, 0.25) is 0 Å². The quantitative estimate of drug-likeness (QED) is 0.727. The van der Waals surface area contributed by atoms with Gasteiger partial charge in [0.05, 0.1) is 13.2 Å². The van der Waals surface area contributed by atoms with E-state index >= 15 is 0 Å². The van der Waals surface area contributed by atoms with Gasteiger partial charge in [-0.05, 0) is 35.6 Å². The first-order valence-electron chi connectivity index (χ1n) is 7.96. The van der Waals surface area contributed by atoms with Crippen LogP contribution in [0.25, 0.3) is 21.9 Å². The number of fused-ring (bicyclic) bond motifs is 1. The third-order valence-corrected chi connectivity index (χ3v) is 4.40. The predicted molar refractivity (Wildman–Crippen MR) is 92.7 cm³/mol. The Morgan fingerprint density at radius 3 is 2.61 bits per heavy atom. The van der Waals surface area contributed by atoms with Crippen LogP contribution in [-0.2, 0) is 4.74 Å². The van der Waals surface area contributed by atoms with Gasteiger partial charge in [-0.2, -0.15) is 0 Å². The van der Waals surface area contributed by atoms with Crippen molar-refractivity contribution in [2.75, 3.05) is 31.2 Å². The van der Waals surface area contributed by atoms with Gasteiger partial charge in [-0.1, -0.05) is 18.2 Å². The van der Waals surface area contributed by atoms with Crippen LogP contribution in [-0.4, -0.2) is 36.3 Å². The second-order valence-electron chi connectivity index (χ2n) is 5.83. The van der Waals surface area contributed by atoms with E-state index in [9.17, 15) is 0 Å². The monoisotopic (exact) mass is 305 g/mol. The first-order valence-corrected chi connectivity index (χ1v) is 7.96. The van der Waals surface area contributed by atoms with Gasteiger partial charge in [0.1, 0.15) is 5.82 Å². The van der Waals surface area contributed by atoms with Crippen molar-refractivity contribution in [3.8, 4) is 11.1 Å². The number of aromatic nitrogens is 2. The number of rotatable bonds is 2. The number of hydrogen-bond acceptors (Lipinski definition) is 4. The fourth-order valence-electron chi connectivity index (χ4n) is 3.23. The Kier molecular flexibility index (Phi) is 3.67. The van der Waals surface area contributed by atoms with Crippen molar-refractivity contribution in [1.82, 2.24) is 9.97 Å². The lowest BCUT2D eigenvalue weighted by Crippen LogP contribution is -2.37. The van der Waals surface area contributed by atoms with E-state index in [1.165, 1.54) is 16.3 Å². The Labute approximate surface area is 135 Å². The summed E-state index contributed by atoms with van der Waals surface area (Å²) >= 11 is 0. The van der Waals surface area contributed by atoms with Crippen molar-refractivity contribution in [1.29, 1.82) is 0 Å².